The van der Waals surface area contributed by atoms with Crippen molar-refractivity contribution in [3.63, 3.8) is 0 Å². The molecule has 0 saturated heterocycles. The van der Waals surface area contributed by atoms with Gasteiger partial charge in [-0.15, -0.1) is 0 Å². The molecule has 1 amide bonds. The highest BCUT2D eigenvalue weighted by atomic mass is 19.1. The smallest absolute Gasteiger partial charge is 0.257 e. The third-order valence-corrected chi connectivity index (χ3v) is 6.69. The summed E-state index contributed by atoms with van der Waals surface area (Å²) in [6, 6.07) is 2.10. The molecule has 5 N–H and O–H groups in total. The molecule has 2 saturated carbocycles. The fraction of sp³-hybridized carbons (Fsp3) is 0.565. The first-order valence-corrected chi connectivity index (χ1v) is 11.3. The lowest BCUT2D eigenvalue weighted by molar-refractivity contribution is -0.0220. The van der Waals surface area contributed by atoms with Gasteiger partial charge in [-0.25, -0.2) is 4.39 Å². The topological polar surface area (TPSA) is 124 Å². The second-order valence-corrected chi connectivity index (χ2v) is 8.85. The molecule has 1 aromatic heterocycles. The Labute approximate surface area is 185 Å². The first-order valence-electron chi connectivity index (χ1n) is 11.3. The van der Waals surface area contributed by atoms with E-state index in [1.807, 2.05) is 6.92 Å². The highest BCUT2D eigenvalue weighted by Gasteiger charge is 2.41. The molecular formula is C23H30FN3O5. The summed E-state index contributed by atoms with van der Waals surface area (Å²) in [5.74, 6) is -1.29. The summed E-state index contributed by atoms with van der Waals surface area (Å²) < 4.78 is 16.6. The molecule has 0 bridgehead atoms. The van der Waals surface area contributed by atoms with E-state index in [9.17, 15) is 29.3 Å². The molecule has 0 aliphatic heterocycles. The van der Waals surface area contributed by atoms with E-state index in [0.29, 0.717) is 17.7 Å². The number of carbonyl (C=O) groups is 1. The number of fused-ring (bicyclic) bond motifs is 1. The number of rotatable bonds is 5. The van der Waals surface area contributed by atoms with Gasteiger partial charge in [0, 0.05) is 24.2 Å². The Morgan fingerprint density at radius 3 is 2.50 bits per heavy atom. The number of aromatic nitrogens is 1. The molecule has 0 spiro atoms. The van der Waals surface area contributed by atoms with Crippen LogP contribution in [0.4, 0.5) is 10.1 Å². The van der Waals surface area contributed by atoms with E-state index in [1.165, 1.54) is 18.7 Å². The van der Waals surface area contributed by atoms with Gasteiger partial charge in [-0.05, 0) is 38.3 Å². The molecule has 1 heterocycles. The molecular weight excluding hydrogens is 417 g/mol. The monoisotopic (exact) mass is 447 g/mol. The lowest BCUT2D eigenvalue weighted by Crippen LogP contribution is -2.44. The molecule has 32 heavy (non-hydrogen) atoms. The quantitative estimate of drug-likeness (QED) is 0.473. The van der Waals surface area contributed by atoms with Gasteiger partial charge >= 0.3 is 0 Å². The first kappa shape index (κ1) is 22.7. The zero-order valence-corrected chi connectivity index (χ0v) is 18.1. The van der Waals surface area contributed by atoms with E-state index >= 15 is 0 Å². The van der Waals surface area contributed by atoms with Crippen molar-refractivity contribution in [3.05, 3.63) is 39.9 Å². The number of pyridine rings is 1. The summed E-state index contributed by atoms with van der Waals surface area (Å²) in [5.41, 5.74) is 0.0782. The molecule has 2 aliphatic rings. The number of amides is 1. The van der Waals surface area contributed by atoms with Gasteiger partial charge < -0.3 is 30.5 Å². The van der Waals surface area contributed by atoms with Gasteiger partial charge in [0.25, 0.3) is 5.91 Å². The molecule has 2 aliphatic carbocycles. The van der Waals surface area contributed by atoms with Crippen LogP contribution in [0.1, 0.15) is 55.8 Å². The Hall–Kier alpha value is -2.49. The maximum atomic E-state index is 14.9. The molecule has 0 radical (unpaired) electrons. The number of benzene rings is 1. The van der Waals surface area contributed by atoms with Crippen molar-refractivity contribution < 1.29 is 24.5 Å². The molecule has 1 aromatic carbocycles. The molecule has 2 fully saturated rings. The minimum atomic E-state index is -1.37. The average molecular weight is 448 g/mol. The molecule has 174 valence electrons. The summed E-state index contributed by atoms with van der Waals surface area (Å²) in [4.78, 5) is 25.9. The summed E-state index contributed by atoms with van der Waals surface area (Å²) >= 11 is 0. The zero-order chi connectivity index (χ0) is 23.0. The van der Waals surface area contributed by atoms with Crippen molar-refractivity contribution >= 4 is 22.5 Å². The predicted octanol–water partition coefficient (Wildman–Crippen LogP) is 1.49. The second-order valence-electron chi connectivity index (χ2n) is 8.85. The summed E-state index contributed by atoms with van der Waals surface area (Å²) in [7, 11) is 0. The zero-order valence-electron chi connectivity index (χ0n) is 18.1. The van der Waals surface area contributed by atoms with Crippen molar-refractivity contribution in [1.29, 1.82) is 0 Å². The number of anilines is 1. The minimum Gasteiger partial charge on any atom is -0.390 e. The number of aryl methyl sites for hydroxylation is 1. The number of aliphatic hydroxyl groups is 3. The van der Waals surface area contributed by atoms with Crippen molar-refractivity contribution in [1.82, 2.24) is 9.88 Å². The normalized spacial score (nSPS) is 26.4. The van der Waals surface area contributed by atoms with Gasteiger partial charge in [0.15, 0.2) is 0 Å². The second kappa shape index (κ2) is 9.17. The molecule has 9 heteroatoms. The van der Waals surface area contributed by atoms with Crippen LogP contribution in [-0.2, 0) is 6.54 Å². The Bertz CT molecular complexity index is 1070. The predicted molar refractivity (Wildman–Crippen MR) is 118 cm³/mol. The van der Waals surface area contributed by atoms with E-state index in [2.05, 4.69) is 10.6 Å². The highest BCUT2D eigenvalue weighted by Crippen LogP contribution is 2.27. The van der Waals surface area contributed by atoms with E-state index < -0.39 is 41.5 Å². The standard InChI is InChI=1S/C23H30FN3O5/c1-2-27-11-14(23(32)26-17-10-19(28)22(31)21(17)30)20(29)13-8-15(24)16(9-18(13)27)25-12-6-4-3-5-7-12/h8-9,11-12,17,19,21-22,25,28,30-31H,2-7,10H2,1H3,(H,26,32). The van der Waals surface area contributed by atoms with Crippen LogP contribution in [0.15, 0.2) is 23.1 Å². The molecule has 2 aromatic rings. The van der Waals surface area contributed by atoms with E-state index in [-0.39, 0.29) is 23.4 Å². The number of hydrogen-bond donors (Lipinski definition) is 5. The van der Waals surface area contributed by atoms with Gasteiger partial charge in [-0.2, -0.15) is 0 Å². The van der Waals surface area contributed by atoms with Gasteiger partial charge in [0.1, 0.15) is 23.6 Å². The van der Waals surface area contributed by atoms with Crippen LogP contribution >= 0.6 is 0 Å². The Morgan fingerprint density at radius 2 is 1.88 bits per heavy atom. The maximum absolute atomic E-state index is 14.9. The van der Waals surface area contributed by atoms with Crippen LogP contribution in [0.5, 0.6) is 0 Å². The summed E-state index contributed by atoms with van der Waals surface area (Å²) in [5, 5.41) is 35.3. The Kier molecular flexibility index (Phi) is 6.50. The van der Waals surface area contributed by atoms with Crippen molar-refractivity contribution in [2.75, 3.05) is 5.32 Å². The minimum absolute atomic E-state index is 0.0333. The third kappa shape index (κ3) is 4.24. The maximum Gasteiger partial charge on any atom is 0.257 e. The number of hydrogen-bond acceptors (Lipinski definition) is 6. The lowest BCUT2D eigenvalue weighted by Gasteiger charge is -2.24. The third-order valence-electron chi connectivity index (χ3n) is 6.69. The fourth-order valence-electron chi connectivity index (χ4n) is 4.81. The van der Waals surface area contributed by atoms with Crippen LogP contribution in [0.2, 0.25) is 0 Å². The molecule has 8 nitrogen and oxygen atoms in total. The highest BCUT2D eigenvalue weighted by molar-refractivity contribution is 5.98. The number of aliphatic hydroxyl groups excluding tert-OH is 3. The van der Waals surface area contributed by atoms with Gasteiger partial charge in [-0.3, -0.25) is 9.59 Å². The SMILES string of the molecule is CCn1cc(C(=O)NC2CC(O)C(O)C2O)c(=O)c2cc(F)c(NC3CCCCC3)cc21. The summed E-state index contributed by atoms with van der Waals surface area (Å²) in [6.07, 6.45) is 2.88. The fourth-order valence-corrected chi connectivity index (χ4v) is 4.81. The van der Waals surface area contributed by atoms with Crippen molar-refractivity contribution in [2.24, 2.45) is 0 Å². The van der Waals surface area contributed by atoms with Crippen molar-refractivity contribution in [2.45, 2.75) is 82.4 Å². The molecule has 4 unspecified atom stereocenters. The van der Waals surface area contributed by atoms with E-state index in [0.717, 1.165) is 25.7 Å². The van der Waals surface area contributed by atoms with Crippen LogP contribution < -0.4 is 16.1 Å². The number of carbonyl (C=O) groups excluding carboxylic acids is 1. The Morgan fingerprint density at radius 1 is 1.16 bits per heavy atom. The van der Waals surface area contributed by atoms with Gasteiger partial charge in [0.05, 0.1) is 23.3 Å². The lowest BCUT2D eigenvalue weighted by atomic mass is 9.95. The molecule has 4 atom stereocenters. The number of nitrogens with zero attached hydrogens (tertiary/aromatic N) is 1. The number of halogens is 1. The van der Waals surface area contributed by atoms with Crippen molar-refractivity contribution in [3.8, 4) is 0 Å². The van der Waals surface area contributed by atoms with Crippen LogP contribution in [0.3, 0.4) is 0 Å². The van der Waals surface area contributed by atoms with E-state index in [1.54, 1.807) is 10.6 Å². The van der Waals surface area contributed by atoms with Crippen LogP contribution in [-0.4, -0.2) is 56.2 Å². The van der Waals surface area contributed by atoms with Crippen LogP contribution in [0, 0.1) is 5.82 Å². The average Bonchev–Trinajstić information content (AvgIpc) is 3.02. The molecule has 4 rings (SSSR count). The number of nitrogens with one attached hydrogen (secondary N) is 2. The first-order chi connectivity index (χ1) is 15.3. The van der Waals surface area contributed by atoms with Crippen LogP contribution in [0.25, 0.3) is 10.9 Å². The largest absolute Gasteiger partial charge is 0.390 e. The van der Waals surface area contributed by atoms with Gasteiger partial charge in [0.2, 0.25) is 5.43 Å². The Balaban J connectivity index is 1.66. The van der Waals surface area contributed by atoms with E-state index in [4.69, 9.17) is 0 Å². The van der Waals surface area contributed by atoms with Gasteiger partial charge in [-0.1, -0.05) is 19.3 Å². The summed E-state index contributed by atoms with van der Waals surface area (Å²) in [6.45, 7) is 2.31.